The smallest absolute Gasteiger partial charge is 0.189 e. The molecule has 0 atom stereocenters. The molecule has 0 saturated heterocycles. The Balaban J connectivity index is 1.45. The van der Waals surface area contributed by atoms with Crippen molar-refractivity contribution in [3.63, 3.8) is 0 Å². The normalized spacial score (nSPS) is 24.8. The molecule has 72 valence electrons. The molecule has 0 aromatic carbocycles. The van der Waals surface area contributed by atoms with Crippen molar-refractivity contribution in [2.75, 3.05) is 13.1 Å². The summed E-state index contributed by atoms with van der Waals surface area (Å²) in [5.41, 5.74) is -0.129. The van der Waals surface area contributed by atoms with E-state index in [4.69, 9.17) is 0 Å². The highest BCUT2D eigenvalue weighted by Crippen LogP contribution is 2.31. The van der Waals surface area contributed by atoms with Crippen LogP contribution in [0, 0.1) is 0 Å². The lowest BCUT2D eigenvalue weighted by atomic mass is 10.1. The van der Waals surface area contributed by atoms with Gasteiger partial charge in [-0.05, 0) is 26.9 Å². The van der Waals surface area contributed by atoms with Crippen LogP contribution in [0.4, 0.5) is 0 Å². The molecule has 0 unspecified atom stereocenters. The molecular formula is C8H15N5. The van der Waals surface area contributed by atoms with E-state index in [1.807, 2.05) is 13.8 Å². The number of nitrogens with zero attached hydrogens (tertiary/aromatic N) is 4. The van der Waals surface area contributed by atoms with E-state index in [9.17, 15) is 0 Å². The van der Waals surface area contributed by atoms with Crippen molar-refractivity contribution < 1.29 is 0 Å². The Morgan fingerprint density at radius 1 is 0.846 bits per heavy atom. The first-order valence-corrected chi connectivity index (χ1v) is 4.71. The highest BCUT2D eigenvalue weighted by Gasteiger charge is 2.34. The van der Waals surface area contributed by atoms with E-state index >= 15 is 0 Å². The second kappa shape index (κ2) is 2.83. The van der Waals surface area contributed by atoms with Gasteiger partial charge in [0.25, 0.3) is 0 Å². The Morgan fingerprint density at radius 2 is 1.23 bits per heavy atom. The average molecular weight is 181 g/mol. The van der Waals surface area contributed by atoms with Crippen LogP contribution in [0.3, 0.4) is 0 Å². The molecule has 2 aliphatic rings. The topological polar surface area (TPSA) is 61.5 Å². The zero-order chi connectivity index (χ0) is 9.36. The zero-order valence-corrected chi connectivity index (χ0v) is 8.12. The van der Waals surface area contributed by atoms with Gasteiger partial charge in [0.1, 0.15) is 0 Å². The van der Waals surface area contributed by atoms with Crippen molar-refractivity contribution in [1.29, 1.82) is 0 Å². The first-order valence-electron chi connectivity index (χ1n) is 4.71. The van der Waals surface area contributed by atoms with Gasteiger partial charge in [-0.3, -0.25) is 0 Å². The van der Waals surface area contributed by atoms with E-state index in [2.05, 4.69) is 25.8 Å². The summed E-state index contributed by atoms with van der Waals surface area (Å²) < 4.78 is 0. The Labute approximate surface area is 77.7 Å². The minimum Gasteiger partial charge on any atom is -0.316 e. The van der Waals surface area contributed by atoms with E-state index < -0.39 is 0 Å². The van der Waals surface area contributed by atoms with E-state index in [0.29, 0.717) is 0 Å². The Hall–Kier alpha value is -0.840. The van der Waals surface area contributed by atoms with E-state index in [1.54, 1.807) is 0 Å². The second-order valence-electron chi connectivity index (χ2n) is 4.08. The predicted molar refractivity (Wildman–Crippen MR) is 48.6 cm³/mol. The lowest BCUT2D eigenvalue weighted by molar-refractivity contribution is 0.508. The van der Waals surface area contributed by atoms with E-state index in [-0.39, 0.29) is 11.3 Å². The molecule has 5 nitrogen and oxygen atoms in total. The van der Waals surface area contributed by atoms with Gasteiger partial charge in [0.05, 0.1) is 0 Å². The fourth-order valence-corrected chi connectivity index (χ4v) is 1.15. The minimum absolute atomic E-state index is 0.0643. The molecule has 0 fully saturated rings. The SMILES string of the molecule is CC1(CCNCCC2(C)N=N2)N=N1. The molecule has 13 heavy (non-hydrogen) atoms. The van der Waals surface area contributed by atoms with Crippen LogP contribution in [0.1, 0.15) is 26.7 Å². The molecule has 5 heteroatoms. The molecule has 0 aliphatic carbocycles. The third kappa shape index (κ3) is 2.55. The first-order chi connectivity index (χ1) is 6.12. The fourth-order valence-electron chi connectivity index (χ4n) is 1.15. The highest BCUT2D eigenvalue weighted by atomic mass is 15.4. The summed E-state index contributed by atoms with van der Waals surface area (Å²) in [4.78, 5) is 0. The quantitative estimate of drug-likeness (QED) is 0.623. The van der Waals surface area contributed by atoms with Gasteiger partial charge in [-0.25, -0.2) is 0 Å². The highest BCUT2D eigenvalue weighted by molar-refractivity contribution is 4.90. The number of rotatable bonds is 6. The Bertz CT molecular complexity index is 219. The number of nitrogens with one attached hydrogen (secondary N) is 1. The van der Waals surface area contributed by atoms with E-state index in [1.165, 1.54) is 0 Å². The van der Waals surface area contributed by atoms with Gasteiger partial charge >= 0.3 is 0 Å². The molecule has 0 saturated carbocycles. The van der Waals surface area contributed by atoms with Crippen molar-refractivity contribution in [1.82, 2.24) is 5.32 Å². The number of hydrogen-bond donors (Lipinski definition) is 1. The molecule has 2 heterocycles. The summed E-state index contributed by atoms with van der Waals surface area (Å²) in [5, 5.41) is 19.1. The molecular weight excluding hydrogens is 166 g/mol. The molecule has 0 bridgehead atoms. The van der Waals surface area contributed by atoms with Gasteiger partial charge in [-0.1, -0.05) is 0 Å². The molecule has 0 spiro atoms. The maximum Gasteiger partial charge on any atom is 0.189 e. The number of hydrogen-bond acceptors (Lipinski definition) is 5. The van der Waals surface area contributed by atoms with Crippen LogP contribution in [0.15, 0.2) is 20.5 Å². The second-order valence-corrected chi connectivity index (χ2v) is 4.08. The molecule has 0 aromatic heterocycles. The van der Waals surface area contributed by atoms with Crippen molar-refractivity contribution >= 4 is 0 Å². The van der Waals surface area contributed by atoms with Crippen LogP contribution in [-0.2, 0) is 0 Å². The standard InChI is InChI=1S/C8H15N5/c1-7(10-11-7)3-5-9-6-4-8(2)12-13-8/h9H,3-6H2,1-2H3. The van der Waals surface area contributed by atoms with Crippen LogP contribution in [0.2, 0.25) is 0 Å². The molecule has 1 N–H and O–H groups in total. The monoisotopic (exact) mass is 181 g/mol. The fraction of sp³-hybridized carbons (Fsp3) is 1.00. The third-order valence-electron chi connectivity index (χ3n) is 2.43. The van der Waals surface area contributed by atoms with Crippen molar-refractivity contribution in [2.24, 2.45) is 20.5 Å². The lowest BCUT2D eigenvalue weighted by Gasteiger charge is -2.07. The van der Waals surface area contributed by atoms with Crippen molar-refractivity contribution in [3.05, 3.63) is 0 Å². The molecule has 0 amide bonds. The van der Waals surface area contributed by atoms with Crippen LogP contribution >= 0.6 is 0 Å². The zero-order valence-electron chi connectivity index (χ0n) is 8.12. The largest absolute Gasteiger partial charge is 0.316 e. The van der Waals surface area contributed by atoms with Gasteiger partial charge in [0.2, 0.25) is 0 Å². The average Bonchev–Trinajstić information content (AvgIpc) is 2.95. The van der Waals surface area contributed by atoms with E-state index in [0.717, 1.165) is 25.9 Å². The van der Waals surface area contributed by atoms with Gasteiger partial charge in [0.15, 0.2) is 11.3 Å². The van der Waals surface area contributed by atoms with Crippen LogP contribution in [0.25, 0.3) is 0 Å². The summed E-state index contributed by atoms with van der Waals surface area (Å²) >= 11 is 0. The maximum atomic E-state index is 3.94. The minimum atomic E-state index is -0.0643. The summed E-state index contributed by atoms with van der Waals surface area (Å²) in [7, 11) is 0. The van der Waals surface area contributed by atoms with Crippen molar-refractivity contribution in [2.45, 2.75) is 38.0 Å². The van der Waals surface area contributed by atoms with Crippen LogP contribution < -0.4 is 5.32 Å². The first kappa shape index (κ1) is 8.74. The van der Waals surface area contributed by atoms with Crippen LogP contribution in [0.5, 0.6) is 0 Å². The van der Waals surface area contributed by atoms with Gasteiger partial charge in [-0.2, -0.15) is 20.5 Å². The summed E-state index contributed by atoms with van der Waals surface area (Å²) in [6.45, 7) is 6.03. The van der Waals surface area contributed by atoms with Gasteiger partial charge < -0.3 is 5.32 Å². The predicted octanol–water partition coefficient (Wildman–Crippen LogP) is 1.72. The summed E-state index contributed by atoms with van der Waals surface area (Å²) in [5.74, 6) is 0. The van der Waals surface area contributed by atoms with Crippen LogP contribution in [-0.4, -0.2) is 24.4 Å². The lowest BCUT2D eigenvalue weighted by Crippen LogP contribution is -2.24. The molecule has 0 aromatic rings. The molecule has 2 aliphatic heterocycles. The molecule has 2 rings (SSSR count). The van der Waals surface area contributed by atoms with Crippen molar-refractivity contribution in [3.8, 4) is 0 Å². The Kier molecular flexibility index (Phi) is 1.91. The van der Waals surface area contributed by atoms with Gasteiger partial charge in [-0.15, -0.1) is 0 Å². The Morgan fingerprint density at radius 3 is 1.54 bits per heavy atom. The van der Waals surface area contributed by atoms with Gasteiger partial charge in [0, 0.05) is 12.8 Å². The summed E-state index contributed by atoms with van der Waals surface area (Å²) in [6.07, 6.45) is 2.00. The summed E-state index contributed by atoms with van der Waals surface area (Å²) in [6, 6.07) is 0. The maximum absolute atomic E-state index is 3.94. The third-order valence-corrected chi connectivity index (χ3v) is 2.43. The molecule has 0 radical (unpaired) electrons.